The molecule has 2 aromatic rings. The van der Waals surface area contributed by atoms with Gasteiger partial charge in [0.1, 0.15) is 0 Å². The number of hydrogen-bond acceptors (Lipinski definition) is 4. The van der Waals surface area contributed by atoms with E-state index in [2.05, 4.69) is 20.9 Å². The summed E-state index contributed by atoms with van der Waals surface area (Å²) >= 11 is 0. The molecular weight excluding hydrogens is 268 g/mol. The van der Waals surface area contributed by atoms with Gasteiger partial charge in [0.05, 0.1) is 19.3 Å². The van der Waals surface area contributed by atoms with Crippen molar-refractivity contribution >= 4 is 17.4 Å². The van der Waals surface area contributed by atoms with Crippen LogP contribution in [0, 0.1) is 0 Å². The maximum absolute atomic E-state index is 11.2. The molecule has 1 heterocycles. The molecule has 0 bridgehead atoms. The van der Waals surface area contributed by atoms with Gasteiger partial charge >= 0.3 is 6.03 Å². The molecule has 6 heteroatoms. The van der Waals surface area contributed by atoms with Crippen LogP contribution in [-0.4, -0.2) is 25.2 Å². The summed E-state index contributed by atoms with van der Waals surface area (Å²) in [5.41, 5.74) is 2.57. The molecule has 0 saturated heterocycles. The third kappa shape index (κ3) is 4.38. The molecule has 0 fully saturated rings. The van der Waals surface area contributed by atoms with Crippen LogP contribution in [-0.2, 0) is 6.54 Å². The van der Waals surface area contributed by atoms with Crippen molar-refractivity contribution in [2.75, 3.05) is 24.8 Å². The van der Waals surface area contributed by atoms with Crippen LogP contribution < -0.4 is 20.7 Å². The van der Waals surface area contributed by atoms with E-state index in [9.17, 15) is 4.79 Å². The number of carbonyl (C=O) groups excluding carboxylic acids is 1. The van der Waals surface area contributed by atoms with E-state index in [1.807, 2.05) is 42.5 Å². The van der Waals surface area contributed by atoms with Gasteiger partial charge < -0.3 is 20.7 Å². The molecule has 2 amide bonds. The molecule has 3 N–H and O–H groups in total. The van der Waals surface area contributed by atoms with Gasteiger partial charge in [0.25, 0.3) is 0 Å². The third-order valence-corrected chi connectivity index (χ3v) is 2.83. The summed E-state index contributed by atoms with van der Waals surface area (Å²) < 4.78 is 5.09. The van der Waals surface area contributed by atoms with E-state index in [1.54, 1.807) is 14.2 Å². The van der Waals surface area contributed by atoms with Crippen LogP contribution in [0.2, 0.25) is 0 Å². The molecule has 1 aromatic heterocycles. The van der Waals surface area contributed by atoms with Crippen molar-refractivity contribution in [3.63, 3.8) is 0 Å². The average molecular weight is 286 g/mol. The summed E-state index contributed by atoms with van der Waals surface area (Å²) in [5, 5.41) is 8.46. The number of methoxy groups -OCH3 is 1. The lowest BCUT2D eigenvalue weighted by Crippen LogP contribution is -2.24. The highest BCUT2D eigenvalue weighted by Gasteiger charge is 2.00. The van der Waals surface area contributed by atoms with E-state index in [1.165, 1.54) is 0 Å². The first kappa shape index (κ1) is 14.6. The molecule has 0 unspecified atom stereocenters. The van der Waals surface area contributed by atoms with E-state index < -0.39 is 0 Å². The molecule has 0 radical (unpaired) electrons. The molecule has 0 spiro atoms. The maximum Gasteiger partial charge on any atom is 0.318 e. The summed E-state index contributed by atoms with van der Waals surface area (Å²) in [6, 6.07) is 12.8. The van der Waals surface area contributed by atoms with Crippen molar-refractivity contribution in [1.82, 2.24) is 10.3 Å². The second-order valence-corrected chi connectivity index (χ2v) is 4.31. The van der Waals surface area contributed by atoms with Gasteiger partial charge in [-0.2, -0.15) is 0 Å². The molecule has 0 saturated carbocycles. The highest BCUT2D eigenvalue weighted by atomic mass is 16.5. The van der Waals surface area contributed by atoms with Crippen LogP contribution in [0.25, 0.3) is 0 Å². The number of ether oxygens (including phenoxy) is 1. The molecule has 0 aliphatic rings. The van der Waals surface area contributed by atoms with Crippen LogP contribution in [0.5, 0.6) is 5.88 Å². The molecule has 2 rings (SSSR count). The molecule has 0 aliphatic heterocycles. The molecule has 0 aliphatic carbocycles. The largest absolute Gasteiger partial charge is 0.481 e. The summed E-state index contributed by atoms with van der Waals surface area (Å²) in [5.74, 6) is 0.597. The summed E-state index contributed by atoms with van der Waals surface area (Å²) in [4.78, 5) is 15.5. The van der Waals surface area contributed by atoms with E-state index in [0.717, 1.165) is 17.1 Å². The predicted octanol–water partition coefficient (Wildman–Crippen LogP) is 2.45. The monoisotopic (exact) mass is 286 g/mol. The number of amides is 2. The van der Waals surface area contributed by atoms with Crippen molar-refractivity contribution < 1.29 is 9.53 Å². The van der Waals surface area contributed by atoms with E-state index in [4.69, 9.17) is 4.74 Å². The van der Waals surface area contributed by atoms with Gasteiger partial charge in [-0.15, -0.1) is 0 Å². The molecule has 1 aromatic carbocycles. The van der Waals surface area contributed by atoms with Gasteiger partial charge in [-0.05, 0) is 30.3 Å². The normalized spacial score (nSPS) is 9.81. The topological polar surface area (TPSA) is 75.3 Å². The van der Waals surface area contributed by atoms with E-state index >= 15 is 0 Å². The number of nitrogens with one attached hydrogen (secondary N) is 3. The first-order valence-electron chi connectivity index (χ1n) is 6.54. The molecule has 21 heavy (non-hydrogen) atoms. The van der Waals surface area contributed by atoms with Crippen molar-refractivity contribution in [1.29, 1.82) is 0 Å². The minimum Gasteiger partial charge on any atom is -0.481 e. The van der Waals surface area contributed by atoms with Gasteiger partial charge in [-0.3, -0.25) is 0 Å². The third-order valence-electron chi connectivity index (χ3n) is 2.83. The minimum atomic E-state index is -0.240. The lowest BCUT2D eigenvalue weighted by molar-refractivity contribution is 0.254. The van der Waals surface area contributed by atoms with E-state index in [-0.39, 0.29) is 6.03 Å². The number of pyridine rings is 1. The second kappa shape index (κ2) is 7.14. The van der Waals surface area contributed by atoms with Crippen LogP contribution >= 0.6 is 0 Å². The molecule has 0 atom stereocenters. The van der Waals surface area contributed by atoms with Crippen molar-refractivity contribution in [3.05, 3.63) is 48.2 Å². The number of carbonyl (C=O) groups is 1. The number of anilines is 2. The lowest BCUT2D eigenvalue weighted by atomic mass is 10.2. The van der Waals surface area contributed by atoms with Crippen LogP contribution in [0.1, 0.15) is 5.69 Å². The van der Waals surface area contributed by atoms with Crippen molar-refractivity contribution in [2.24, 2.45) is 0 Å². The first-order valence-corrected chi connectivity index (χ1v) is 6.54. The molecule has 110 valence electrons. The number of benzene rings is 1. The number of aromatic nitrogens is 1. The molecular formula is C15H18N4O2. The summed E-state index contributed by atoms with van der Waals surface area (Å²) in [6.45, 7) is 0.597. The zero-order valence-corrected chi connectivity index (χ0v) is 12.0. The highest BCUT2D eigenvalue weighted by Crippen LogP contribution is 2.15. The van der Waals surface area contributed by atoms with Crippen LogP contribution in [0.15, 0.2) is 42.5 Å². The Morgan fingerprint density at radius 1 is 1.14 bits per heavy atom. The highest BCUT2D eigenvalue weighted by molar-refractivity contribution is 5.89. The van der Waals surface area contributed by atoms with Gasteiger partial charge in [0.15, 0.2) is 0 Å². The Balaban J connectivity index is 1.92. The zero-order chi connectivity index (χ0) is 15.1. The predicted molar refractivity (Wildman–Crippen MR) is 82.6 cm³/mol. The van der Waals surface area contributed by atoms with Crippen LogP contribution in [0.3, 0.4) is 0 Å². The quantitative estimate of drug-likeness (QED) is 0.789. The van der Waals surface area contributed by atoms with Crippen LogP contribution in [0.4, 0.5) is 16.2 Å². The number of hydrogen-bond donors (Lipinski definition) is 3. The summed E-state index contributed by atoms with van der Waals surface area (Å²) in [7, 11) is 3.17. The zero-order valence-electron chi connectivity index (χ0n) is 12.0. The first-order chi connectivity index (χ1) is 10.2. The fraction of sp³-hybridized carbons (Fsp3) is 0.200. The summed E-state index contributed by atoms with van der Waals surface area (Å²) in [6.07, 6.45) is 0. The standard InChI is InChI=1S/C15H18N4O2/c1-16-15(20)19-12-8-6-11(7-9-12)17-10-13-4-3-5-14(18-13)21-2/h3-9,17H,10H2,1-2H3,(H2,16,19,20). The van der Waals surface area contributed by atoms with E-state index in [0.29, 0.717) is 12.4 Å². The Hall–Kier alpha value is -2.76. The second-order valence-electron chi connectivity index (χ2n) is 4.31. The Bertz CT molecular complexity index is 599. The number of nitrogens with zero attached hydrogens (tertiary/aromatic N) is 1. The fourth-order valence-electron chi connectivity index (χ4n) is 1.73. The van der Waals surface area contributed by atoms with Crippen molar-refractivity contribution in [2.45, 2.75) is 6.54 Å². The smallest absolute Gasteiger partial charge is 0.318 e. The fourth-order valence-corrected chi connectivity index (χ4v) is 1.73. The average Bonchev–Trinajstić information content (AvgIpc) is 2.54. The Morgan fingerprint density at radius 2 is 1.86 bits per heavy atom. The lowest BCUT2D eigenvalue weighted by Gasteiger charge is -2.09. The van der Waals surface area contributed by atoms with Gasteiger partial charge in [0, 0.05) is 24.5 Å². The number of rotatable bonds is 5. The minimum absolute atomic E-state index is 0.240. The van der Waals surface area contributed by atoms with Gasteiger partial charge in [0.2, 0.25) is 5.88 Å². The maximum atomic E-state index is 11.2. The molecule has 6 nitrogen and oxygen atoms in total. The SMILES string of the molecule is CNC(=O)Nc1ccc(NCc2cccc(OC)n2)cc1. The Morgan fingerprint density at radius 3 is 2.52 bits per heavy atom. The Kier molecular flexibility index (Phi) is 4.98. The van der Waals surface area contributed by atoms with Crippen molar-refractivity contribution in [3.8, 4) is 5.88 Å². The van der Waals surface area contributed by atoms with Gasteiger partial charge in [-0.25, -0.2) is 9.78 Å². The van der Waals surface area contributed by atoms with Gasteiger partial charge in [-0.1, -0.05) is 6.07 Å². The Labute approximate surface area is 123 Å². The number of urea groups is 1.